The van der Waals surface area contributed by atoms with Gasteiger partial charge in [-0.2, -0.15) is 12.6 Å². The minimum Gasteiger partial charge on any atom is -0.371 e. The van der Waals surface area contributed by atoms with Crippen molar-refractivity contribution in [3.63, 3.8) is 0 Å². The predicted octanol–water partition coefficient (Wildman–Crippen LogP) is 1.43. The molecule has 1 nitrogen and oxygen atoms in total. The van der Waals surface area contributed by atoms with Crippen molar-refractivity contribution in [1.29, 1.82) is 0 Å². The summed E-state index contributed by atoms with van der Waals surface area (Å²) in [5.74, 6) is 0.492. The van der Waals surface area contributed by atoms with Crippen molar-refractivity contribution >= 4 is 12.6 Å². The van der Waals surface area contributed by atoms with Crippen molar-refractivity contribution in [3.05, 3.63) is 0 Å². The lowest BCUT2D eigenvalue weighted by molar-refractivity contribution is 0.0528. The van der Waals surface area contributed by atoms with Crippen LogP contribution < -0.4 is 0 Å². The molecule has 0 N–H and O–H groups in total. The Labute approximate surface area is 60.0 Å². The van der Waals surface area contributed by atoms with Gasteiger partial charge in [0.2, 0.25) is 0 Å². The number of alkyl halides is 1. The fraction of sp³-hybridized carbons (Fsp3) is 1.00. The summed E-state index contributed by atoms with van der Waals surface area (Å²) >= 11 is 3.95. The summed E-state index contributed by atoms with van der Waals surface area (Å²) in [5.41, 5.74) is 0. The van der Waals surface area contributed by atoms with E-state index in [2.05, 4.69) is 12.6 Å². The average molecular weight is 150 g/mol. The van der Waals surface area contributed by atoms with Gasteiger partial charge in [0.25, 0.3) is 0 Å². The molecule has 0 aliphatic carbocycles. The third-order valence-corrected chi connectivity index (χ3v) is 1.91. The molecule has 1 aliphatic heterocycles. The highest BCUT2D eigenvalue weighted by atomic mass is 32.1. The Morgan fingerprint density at radius 1 is 1.78 bits per heavy atom. The molecule has 2 unspecified atom stereocenters. The Hall–Kier alpha value is 0.240. The van der Waals surface area contributed by atoms with Gasteiger partial charge in [-0.3, -0.25) is 0 Å². The highest BCUT2D eigenvalue weighted by Crippen LogP contribution is 2.23. The molecular weight excluding hydrogens is 139 g/mol. The maximum absolute atomic E-state index is 12.7. The molecule has 0 radical (unpaired) electrons. The normalized spacial score (nSPS) is 43.7. The molecule has 1 aliphatic rings. The molecule has 1 rings (SSSR count). The van der Waals surface area contributed by atoms with Crippen LogP contribution in [0.2, 0.25) is 0 Å². The van der Waals surface area contributed by atoms with Crippen molar-refractivity contribution < 1.29 is 9.13 Å². The molecule has 0 aromatic rings. The minimum absolute atomic E-state index is 0.0807. The van der Waals surface area contributed by atoms with E-state index in [1.807, 2.05) is 6.92 Å². The molecule has 54 valence electrons. The van der Waals surface area contributed by atoms with E-state index in [0.717, 1.165) is 0 Å². The molecular formula is C6H11FOS. The van der Waals surface area contributed by atoms with Crippen molar-refractivity contribution in [2.24, 2.45) is 0 Å². The Balaban J connectivity index is 2.38. The summed E-state index contributed by atoms with van der Waals surface area (Å²) in [5, 5.41) is 0. The van der Waals surface area contributed by atoms with E-state index in [0.29, 0.717) is 12.2 Å². The van der Waals surface area contributed by atoms with Gasteiger partial charge >= 0.3 is 0 Å². The van der Waals surface area contributed by atoms with Crippen LogP contribution in [0.3, 0.4) is 0 Å². The van der Waals surface area contributed by atoms with E-state index in [-0.39, 0.29) is 12.2 Å². The summed E-state index contributed by atoms with van der Waals surface area (Å²) in [7, 11) is 0. The van der Waals surface area contributed by atoms with Crippen LogP contribution in [0.4, 0.5) is 4.39 Å². The van der Waals surface area contributed by atoms with Crippen LogP contribution in [-0.4, -0.2) is 24.1 Å². The van der Waals surface area contributed by atoms with Gasteiger partial charge < -0.3 is 4.74 Å². The molecule has 0 aromatic carbocycles. The summed E-state index contributed by atoms with van der Waals surface area (Å²) in [6.07, 6.45) is -0.441. The lowest BCUT2D eigenvalue weighted by atomic mass is 10.2. The smallest absolute Gasteiger partial charge is 0.129 e. The van der Waals surface area contributed by atoms with Gasteiger partial charge in [-0.15, -0.1) is 0 Å². The van der Waals surface area contributed by atoms with Crippen LogP contribution in [0.5, 0.6) is 0 Å². The molecule has 9 heavy (non-hydrogen) atoms. The van der Waals surface area contributed by atoms with Crippen molar-refractivity contribution in [1.82, 2.24) is 0 Å². The third kappa shape index (κ3) is 1.58. The Kier molecular flexibility index (Phi) is 2.35. The second kappa shape index (κ2) is 2.88. The maximum atomic E-state index is 12.7. The zero-order chi connectivity index (χ0) is 6.85. The minimum atomic E-state index is -0.794. The van der Waals surface area contributed by atoms with Crippen molar-refractivity contribution in [3.8, 4) is 0 Å². The fourth-order valence-corrected chi connectivity index (χ4v) is 1.38. The number of hydrogen-bond acceptors (Lipinski definition) is 2. The van der Waals surface area contributed by atoms with Crippen molar-refractivity contribution in [2.75, 3.05) is 5.75 Å². The Bertz CT molecular complexity index is 99.1. The average Bonchev–Trinajstić information content (AvgIpc) is 2.10. The Morgan fingerprint density at radius 3 is 2.67 bits per heavy atom. The molecule has 1 heterocycles. The van der Waals surface area contributed by atoms with E-state index in [1.54, 1.807) is 0 Å². The first-order chi connectivity index (χ1) is 4.24. The predicted molar refractivity (Wildman–Crippen MR) is 37.7 cm³/mol. The van der Waals surface area contributed by atoms with Crippen LogP contribution in [0.1, 0.15) is 13.3 Å². The van der Waals surface area contributed by atoms with Gasteiger partial charge in [0, 0.05) is 12.2 Å². The zero-order valence-electron chi connectivity index (χ0n) is 5.38. The van der Waals surface area contributed by atoms with Gasteiger partial charge in [-0.1, -0.05) is 0 Å². The zero-order valence-corrected chi connectivity index (χ0v) is 6.27. The summed E-state index contributed by atoms with van der Waals surface area (Å²) in [4.78, 5) is 0. The molecule has 0 spiro atoms. The molecule has 0 saturated carbocycles. The highest BCUT2D eigenvalue weighted by Gasteiger charge is 2.31. The van der Waals surface area contributed by atoms with Gasteiger partial charge in [-0.05, 0) is 6.92 Å². The van der Waals surface area contributed by atoms with Gasteiger partial charge in [0.15, 0.2) is 0 Å². The number of ether oxygens (including phenoxy) is 1. The molecule has 0 amide bonds. The van der Waals surface area contributed by atoms with Gasteiger partial charge in [0.1, 0.15) is 6.17 Å². The highest BCUT2D eigenvalue weighted by molar-refractivity contribution is 7.80. The molecule has 0 aromatic heterocycles. The number of thiol groups is 1. The molecule has 0 bridgehead atoms. The quantitative estimate of drug-likeness (QED) is 0.556. The number of hydrogen-bond donors (Lipinski definition) is 1. The van der Waals surface area contributed by atoms with Crippen LogP contribution in [0, 0.1) is 0 Å². The van der Waals surface area contributed by atoms with Gasteiger partial charge in [-0.25, -0.2) is 4.39 Å². The molecule has 3 atom stereocenters. The van der Waals surface area contributed by atoms with Crippen LogP contribution in [0.15, 0.2) is 0 Å². The number of halogens is 1. The monoisotopic (exact) mass is 150 g/mol. The van der Waals surface area contributed by atoms with E-state index in [9.17, 15) is 4.39 Å². The first-order valence-electron chi connectivity index (χ1n) is 3.14. The first kappa shape index (κ1) is 7.35. The lowest BCUT2D eigenvalue weighted by Gasteiger charge is -2.07. The molecule has 3 heteroatoms. The maximum Gasteiger partial charge on any atom is 0.129 e. The van der Waals surface area contributed by atoms with Crippen molar-refractivity contribution in [2.45, 2.75) is 31.7 Å². The van der Waals surface area contributed by atoms with Crippen LogP contribution in [0.25, 0.3) is 0 Å². The molecule has 1 fully saturated rings. The summed E-state index contributed by atoms with van der Waals surface area (Å²) < 4.78 is 17.8. The van der Waals surface area contributed by atoms with E-state index in [1.165, 1.54) is 0 Å². The van der Waals surface area contributed by atoms with Crippen LogP contribution in [-0.2, 0) is 4.74 Å². The largest absolute Gasteiger partial charge is 0.371 e. The lowest BCUT2D eigenvalue weighted by Crippen LogP contribution is -2.18. The standard InChI is InChI=1S/C6H11FOS/c1-4-2-5(7)6(3-9)8-4/h4-6,9H,2-3H2,1H3/t4?,5-,6?/m0/s1. The fourth-order valence-electron chi connectivity index (χ4n) is 1.07. The van der Waals surface area contributed by atoms with E-state index < -0.39 is 6.17 Å². The Morgan fingerprint density at radius 2 is 2.44 bits per heavy atom. The summed E-state index contributed by atoms with van der Waals surface area (Å²) in [6.45, 7) is 1.88. The SMILES string of the molecule is CC1C[C@H](F)C(CS)O1. The second-order valence-electron chi connectivity index (χ2n) is 2.42. The first-order valence-corrected chi connectivity index (χ1v) is 3.77. The van der Waals surface area contributed by atoms with Crippen LogP contribution >= 0.6 is 12.6 Å². The number of rotatable bonds is 1. The summed E-state index contributed by atoms with van der Waals surface area (Å²) in [6, 6.07) is 0. The van der Waals surface area contributed by atoms with E-state index >= 15 is 0 Å². The molecule has 1 saturated heterocycles. The second-order valence-corrected chi connectivity index (χ2v) is 2.78. The van der Waals surface area contributed by atoms with E-state index in [4.69, 9.17) is 4.74 Å². The third-order valence-electron chi connectivity index (χ3n) is 1.55. The topological polar surface area (TPSA) is 9.23 Å². The van der Waals surface area contributed by atoms with Gasteiger partial charge in [0.05, 0.1) is 12.2 Å².